The molecule has 0 atom stereocenters. The van der Waals surface area contributed by atoms with E-state index in [4.69, 9.17) is 4.43 Å². The van der Waals surface area contributed by atoms with Crippen molar-refractivity contribution in [1.29, 1.82) is 0 Å². The second-order valence-electron chi connectivity index (χ2n) is 4.18. The minimum absolute atomic E-state index is 0.0652. The van der Waals surface area contributed by atoms with Gasteiger partial charge in [0.25, 0.3) is 0 Å². The number of ketones is 1. The molecule has 0 aromatic rings. The smallest absolute Gasteiger partial charge is 0.413 e. The van der Waals surface area contributed by atoms with E-state index in [2.05, 4.69) is 5.92 Å². The molecule has 0 rings (SSSR count). The van der Waals surface area contributed by atoms with Gasteiger partial charge in [0.2, 0.25) is 0 Å². The van der Waals surface area contributed by atoms with Gasteiger partial charge in [-0.05, 0) is 11.0 Å². The SMILES string of the molecule is CC(C)(C)[SiH2]OCC#CC(=O)C(F)(F)F. The summed E-state index contributed by atoms with van der Waals surface area (Å²) in [6.07, 6.45) is -4.87. The highest BCUT2D eigenvalue weighted by Gasteiger charge is 2.36. The van der Waals surface area contributed by atoms with Crippen LogP contribution in [0.1, 0.15) is 20.8 Å². The molecule has 0 unspecified atom stereocenters. The molecule has 86 valence electrons. The molecule has 0 aromatic carbocycles. The van der Waals surface area contributed by atoms with Crippen LogP contribution in [0, 0.1) is 11.8 Å². The second-order valence-corrected chi connectivity index (χ2v) is 7.00. The van der Waals surface area contributed by atoms with Crippen molar-refractivity contribution >= 4 is 15.5 Å². The normalized spacial score (nSPS) is 12.7. The number of rotatable bonds is 2. The average molecular weight is 238 g/mol. The predicted octanol–water partition coefficient (Wildman–Crippen LogP) is 1.44. The van der Waals surface area contributed by atoms with Crippen molar-refractivity contribution in [2.24, 2.45) is 0 Å². The first kappa shape index (κ1) is 14.2. The standard InChI is InChI=1S/C9H13F3O2Si/c1-8(2,3)15-14-6-4-5-7(13)9(10,11)12/h6,15H2,1-3H3. The highest BCUT2D eigenvalue weighted by atomic mass is 28.2. The summed E-state index contributed by atoms with van der Waals surface area (Å²) in [4.78, 5) is 10.3. The number of carbonyl (C=O) groups is 1. The fourth-order valence-corrected chi connectivity index (χ4v) is 1.41. The Hall–Kier alpha value is -0.803. The summed E-state index contributed by atoms with van der Waals surface area (Å²) in [7, 11) is -0.824. The Morgan fingerprint density at radius 1 is 1.33 bits per heavy atom. The van der Waals surface area contributed by atoms with Gasteiger partial charge in [-0.1, -0.05) is 26.7 Å². The number of halogens is 3. The molecule has 0 aliphatic carbocycles. The summed E-state index contributed by atoms with van der Waals surface area (Å²) in [6.45, 7) is 5.83. The second kappa shape index (κ2) is 5.33. The topological polar surface area (TPSA) is 26.3 Å². The Labute approximate surface area is 89.1 Å². The van der Waals surface area contributed by atoms with Gasteiger partial charge in [0, 0.05) is 0 Å². The lowest BCUT2D eigenvalue weighted by Gasteiger charge is -2.15. The molecule has 0 radical (unpaired) electrons. The zero-order valence-corrected chi connectivity index (χ0v) is 10.3. The van der Waals surface area contributed by atoms with Gasteiger partial charge in [0.15, 0.2) is 9.76 Å². The number of hydrogen-bond acceptors (Lipinski definition) is 2. The van der Waals surface area contributed by atoms with E-state index in [-0.39, 0.29) is 11.6 Å². The fraction of sp³-hybridized carbons (Fsp3) is 0.667. The lowest BCUT2D eigenvalue weighted by molar-refractivity contribution is -0.164. The zero-order valence-electron chi connectivity index (χ0n) is 8.86. The number of hydrogen-bond donors (Lipinski definition) is 0. The van der Waals surface area contributed by atoms with E-state index in [0.29, 0.717) is 0 Å². The van der Waals surface area contributed by atoms with E-state index in [9.17, 15) is 18.0 Å². The third kappa shape index (κ3) is 8.21. The highest BCUT2D eigenvalue weighted by Crippen LogP contribution is 2.19. The zero-order chi connectivity index (χ0) is 12.1. The lowest BCUT2D eigenvalue weighted by Crippen LogP contribution is -2.20. The van der Waals surface area contributed by atoms with E-state index in [1.54, 1.807) is 0 Å². The molecule has 15 heavy (non-hydrogen) atoms. The van der Waals surface area contributed by atoms with Crippen molar-refractivity contribution in [2.45, 2.75) is 32.0 Å². The summed E-state index contributed by atoms with van der Waals surface area (Å²) in [5.74, 6) is 1.52. The van der Waals surface area contributed by atoms with Gasteiger partial charge in [-0.15, -0.1) is 0 Å². The molecule has 6 heteroatoms. The van der Waals surface area contributed by atoms with Crippen LogP contribution in [0.25, 0.3) is 0 Å². The maximum Gasteiger partial charge on any atom is 0.462 e. The molecule has 0 N–H and O–H groups in total. The first-order valence-electron chi connectivity index (χ1n) is 4.31. The molecule has 0 aliphatic rings. The van der Waals surface area contributed by atoms with Gasteiger partial charge < -0.3 is 4.43 Å². The van der Waals surface area contributed by atoms with Crippen molar-refractivity contribution in [2.75, 3.05) is 6.61 Å². The molecule has 0 heterocycles. The molecule has 0 spiro atoms. The minimum Gasteiger partial charge on any atom is -0.413 e. The predicted molar refractivity (Wildman–Crippen MR) is 53.0 cm³/mol. The van der Waals surface area contributed by atoms with E-state index in [1.807, 2.05) is 20.8 Å². The van der Waals surface area contributed by atoms with Gasteiger partial charge in [-0.3, -0.25) is 4.79 Å². The third-order valence-electron chi connectivity index (χ3n) is 1.17. The molecule has 0 fully saturated rings. The summed E-state index contributed by atoms with van der Waals surface area (Å²) in [5.41, 5.74) is 0. The summed E-state index contributed by atoms with van der Waals surface area (Å²) < 4.78 is 40.1. The minimum atomic E-state index is -4.87. The Kier molecular flexibility index (Phi) is 5.04. The van der Waals surface area contributed by atoms with Crippen molar-refractivity contribution in [3.8, 4) is 11.8 Å². The first-order chi connectivity index (χ1) is 6.63. The maximum absolute atomic E-state index is 11.7. The lowest BCUT2D eigenvalue weighted by atomic mass is 10.3. The van der Waals surface area contributed by atoms with Crippen LogP contribution < -0.4 is 0 Å². The summed E-state index contributed by atoms with van der Waals surface area (Å²) in [6, 6.07) is 0. The highest BCUT2D eigenvalue weighted by molar-refractivity contribution is 6.31. The molecule has 0 saturated heterocycles. The Balaban J connectivity index is 3.88. The average Bonchev–Trinajstić information content (AvgIpc) is 1.99. The van der Waals surface area contributed by atoms with Crippen LogP contribution in [-0.2, 0) is 9.22 Å². The van der Waals surface area contributed by atoms with Crippen molar-refractivity contribution in [1.82, 2.24) is 0 Å². The van der Waals surface area contributed by atoms with E-state index in [0.717, 1.165) is 0 Å². The first-order valence-corrected chi connectivity index (χ1v) is 5.59. The van der Waals surface area contributed by atoms with Gasteiger partial charge in [-0.25, -0.2) is 0 Å². The van der Waals surface area contributed by atoms with Crippen LogP contribution in [0.15, 0.2) is 0 Å². The van der Waals surface area contributed by atoms with E-state index < -0.39 is 21.7 Å². The monoisotopic (exact) mass is 238 g/mol. The van der Waals surface area contributed by atoms with Crippen LogP contribution in [0.5, 0.6) is 0 Å². The summed E-state index contributed by atoms with van der Waals surface area (Å²) >= 11 is 0. The molecular formula is C9H13F3O2Si. The third-order valence-corrected chi connectivity index (χ3v) is 2.44. The van der Waals surface area contributed by atoms with Crippen LogP contribution >= 0.6 is 0 Å². The van der Waals surface area contributed by atoms with Gasteiger partial charge >= 0.3 is 12.0 Å². The van der Waals surface area contributed by atoms with E-state index >= 15 is 0 Å². The molecule has 0 saturated carbocycles. The van der Waals surface area contributed by atoms with Gasteiger partial charge in [0.1, 0.15) is 0 Å². The van der Waals surface area contributed by atoms with E-state index in [1.165, 1.54) is 5.92 Å². The van der Waals surface area contributed by atoms with Crippen LogP contribution in [-0.4, -0.2) is 28.3 Å². The van der Waals surface area contributed by atoms with Crippen LogP contribution in [0.3, 0.4) is 0 Å². The number of Topliss-reactive ketones (excluding diaryl/α,β-unsaturated/α-hetero) is 1. The van der Waals surface area contributed by atoms with Crippen LogP contribution in [0.2, 0.25) is 5.04 Å². The Bertz CT molecular complexity index is 280. The maximum atomic E-state index is 11.7. The molecular weight excluding hydrogens is 225 g/mol. The largest absolute Gasteiger partial charge is 0.462 e. The van der Waals surface area contributed by atoms with Gasteiger partial charge in [0.05, 0.1) is 6.61 Å². The Morgan fingerprint density at radius 3 is 2.27 bits per heavy atom. The molecule has 0 aromatic heterocycles. The molecule has 0 bridgehead atoms. The van der Waals surface area contributed by atoms with Crippen molar-refractivity contribution in [3.63, 3.8) is 0 Å². The quantitative estimate of drug-likeness (QED) is 0.315. The molecule has 2 nitrogen and oxygen atoms in total. The Morgan fingerprint density at radius 2 is 1.87 bits per heavy atom. The fourth-order valence-electron chi connectivity index (χ4n) is 0.595. The van der Waals surface area contributed by atoms with Crippen molar-refractivity contribution < 1.29 is 22.4 Å². The van der Waals surface area contributed by atoms with Crippen molar-refractivity contribution in [3.05, 3.63) is 0 Å². The molecule has 0 amide bonds. The molecule has 0 aliphatic heterocycles. The number of alkyl halides is 3. The number of carbonyl (C=O) groups excluding carboxylic acids is 1. The van der Waals surface area contributed by atoms with Crippen LogP contribution in [0.4, 0.5) is 13.2 Å². The van der Waals surface area contributed by atoms with Gasteiger partial charge in [-0.2, -0.15) is 13.2 Å². The summed E-state index contributed by atoms with van der Waals surface area (Å²) in [5, 5.41) is 0.0652.